The Bertz CT molecular complexity index is 810. The van der Waals surface area contributed by atoms with Crippen LogP contribution in [0.3, 0.4) is 0 Å². The van der Waals surface area contributed by atoms with E-state index in [0.29, 0.717) is 5.56 Å². The van der Waals surface area contributed by atoms with Crippen molar-refractivity contribution in [3.63, 3.8) is 0 Å². The van der Waals surface area contributed by atoms with Crippen LogP contribution < -0.4 is 0 Å². The molecule has 0 aromatic heterocycles. The smallest absolute Gasteiger partial charge is 0.336 e. The summed E-state index contributed by atoms with van der Waals surface area (Å²) in [5.74, 6) is 1.67. The third-order valence-corrected chi connectivity index (χ3v) is 2.84. The van der Waals surface area contributed by atoms with Crippen molar-refractivity contribution in [2.45, 2.75) is 0 Å². The first-order chi connectivity index (χ1) is 10.5. The highest BCUT2D eigenvalue weighted by Crippen LogP contribution is 2.13. The van der Waals surface area contributed by atoms with E-state index in [2.05, 4.69) is 11.8 Å². The van der Waals surface area contributed by atoms with E-state index in [1.54, 1.807) is 30.3 Å². The number of carbonyl (C=O) groups is 3. The Morgan fingerprint density at radius 3 is 2.09 bits per heavy atom. The van der Waals surface area contributed by atoms with E-state index in [4.69, 9.17) is 10.2 Å². The average molecular weight is 294 g/mol. The zero-order valence-corrected chi connectivity index (χ0v) is 11.2. The highest BCUT2D eigenvalue weighted by atomic mass is 16.4. The number of Topliss-reactive ketones (excluding diaryl/α,β-unsaturated/α-hetero) is 1. The minimum absolute atomic E-state index is 0.138. The molecular weight excluding hydrogens is 284 g/mol. The van der Waals surface area contributed by atoms with E-state index in [9.17, 15) is 14.4 Å². The Labute approximate surface area is 125 Å². The van der Waals surface area contributed by atoms with Gasteiger partial charge >= 0.3 is 11.9 Å². The van der Waals surface area contributed by atoms with Crippen molar-refractivity contribution in [3.05, 3.63) is 70.8 Å². The lowest BCUT2D eigenvalue weighted by molar-refractivity contribution is 0.0693. The lowest BCUT2D eigenvalue weighted by atomic mass is 10.0. The largest absolute Gasteiger partial charge is 0.478 e. The van der Waals surface area contributed by atoms with Gasteiger partial charge in [0, 0.05) is 11.1 Å². The van der Waals surface area contributed by atoms with E-state index in [1.165, 1.54) is 6.07 Å². The molecule has 2 N–H and O–H groups in total. The average Bonchev–Trinajstić information content (AvgIpc) is 2.52. The van der Waals surface area contributed by atoms with Crippen molar-refractivity contribution in [2.24, 2.45) is 0 Å². The number of ketones is 1. The molecule has 108 valence electrons. The van der Waals surface area contributed by atoms with Gasteiger partial charge in [0.1, 0.15) is 0 Å². The quantitative estimate of drug-likeness (QED) is 0.669. The van der Waals surface area contributed by atoms with Crippen LogP contribution in [0.5, 0.6) is 0 Å². The summed E-state index contributed by atoms with van der Waals surface area (Å²) in [5.41, 5.74) is -0.104. The van der Waals surface area contributed by atoms with Crippen LogP contribution in [0.15, 0.2) is 48.5 Å². The molecular formula is C17H10O5. The van der Waals surface area contributed by atoms with Crippen molar-refractivity contribution in [3.8, 4) is 11.8 Å². The zero-order chi connectivity index (χ0) is 16.1. The minimum Gasteiger partial charge on any atom is -0.478 e. The summed E-state index contributed by atoms with van der Waals surface area (Å²) in [5, 5.41) is 18.0. The molecule has 5 nitrogen and oxygen atoms in total. The minimum atomic E-state index is -1.38. The Morgan fingerprint density at radius 1 is 0.818 bits per heavy atom. The fourth-order valence-electron chi connectivity index (χ4n) is 1.77. The summed E-state index contributed by atoms with van der Waals surface area (Å²) in [4.78, 5) is 34.1. The van der Waals surface area contributed by atoms with Gasteiger partial charge in [0.25, 0.3) is 0 Å². The molecule has 0 saturated heterocycles. The summed E-state index contributed by atoms with van der Waals surface area (Å²) in [7, 11) is 0. The summed E-state index contributed by atoms with van der Waals surface area (Å²) in [6.07, 6.45) is 0. The molecule has 0 atom stereocenters. The third-order valence-electron chi connectivity index (χ3n) is 2.84. The topological polar surface area (TPSA) is 91.7 Å². The summed E-state index contributed by atoms with van der Waals surface area (Å²) in [6.45, 7) is 0. The van der Waals surface area contributed by atoms with Gasteiger partial charge in [-0.15, -0.1) is 0 Å². The molecule has 0 amide bonds. The fourth-order valence-corrected chi connectivity index (χ4v) is 1.77. The molecule has 0 fully saturated rings. The van der Waals surface area contributed by atoms with Crippen LogP contribution in [-0.4, -0.2) is 27.9 Å². The van der Waals surface area contributed by atoms with E-state index in [1.807, 2.05) is 0 Å². The van der Waals surface area contributed by atoms with Crippen LogP contribution in [-0.2, 0) is 0 Å². The number of aromatic carboxylic acids is 2. The number of carboxylic acid groups (broad SMARTS) is 2. The first kappa shape index (κ1) is 15.0. The molecule has 22 heavy (non-hydrogen) atoms. The summed E-state index contributed by atoms with van der Waals surface area (Å²) >= 11 is 0. The van der Waals surface area contributed by atoms with Crippen LogP contribution >= 0.6 is 0 Å². The van der Waals surface area contributed by atoms with Gasteiger partial charge in [0.2, 0.25) is 5.78 Å². The second kappa shape index (κ2) is 6.37. The Morgan fingerprint density at radius 2 is 1.50 bits per heavy atom. The molecule has 0 aliphatic carbocycles. The van der Waals surface area contributed by atoms with Gasteiger partial charge in [0.15, 0.2) is 0 Å². The second-order valence-corrected chi connectivity index (χ2v) is 4.32. The predicted molar refractivity (Wildman–Crippen MR) is 78.0 cm³/mol. The monoisotopic (exact) mass is 294 g/mol. The van der Waals surface area contributed by atoms with E-state index >= 15 is 0 Å². The molecule has 2 aromatic rings. The van der Waals surface area contributed by atoms with Crippen LogP contribution in [0, 0.1) is 11.8 Å². The van der Waals surface area contributed by atoms with Gasteiger partial charge in [-0.25, -0.2) is 9.59 Å². The zero-order valence-electron chi connectivity index (χ0n) is 11.2. The molecule has 2 aromatic carbocycles. The van der Waals surface area contributed by atoms with Crippen molar-refractivity contribution in [2.75, 3.05) is 0 Å². The van der Waals surface area contributed by atoms with Gasteiger partial charge in [0.05, 0.1) is 11.1 Å². The van der Waals surface area contributed by atoms with E-state index in [0.717, 1.165) is 12.1 Å². The lowest BCUT2D eigenvalue weighted by Gasteiger charge is -2.03. The van der Waals surface area contributed by atoms with Crippen LogP contribution in [0.4, 0.5) is 0 Å². The molecule has 0 radical (unpaired) electrons. The number of hydrogen-bond donors (Lipinski definition) is 2. The van der Waals surface area contributed by atoms with Gasteiger partial charge in [-0.05, 0) is 36.3 Å². The first-order valence-corrected chi connectivity index (χ1v) is 6.21. The van der Waals surface area contributed by atoms with Crippen LogP contribution in [0.2, 0.25) is 0 Å². The number of carbonyl (C=O) groups excluding carboxylic acids is 1. The van der Waals surface area contributed by atoms with Crippen LogP contribution in [0.25, 0.3) is 0 Å². The number of benzene rings is 2. The highest BCUT2D eigenvalue weighted by molar-refractivity contribution is 6.15. The van der Waals surface area contributed by atoms with Gasteiger partial charge < -0.3 is 10.2 Å². The molecule has 5 heteroatoms. The Balaban J connectivity index is 2.40. The predicted octanol–water partition coefficient (Wildman–Crippen LogP) is 2.32. The van der Waals surface area contributed by atoms with Crippen LogP contribution in [0.1, 0.15) is 36.6 Å². The molecule has 0 heterocycles. The molecule has 0 aliphatic heterocycles. The molecule has 0 spiro atoms. The number of carboxylic acids is 2. The first-order valence-electron chi connectivity index (χ1n) is 6.21. The second-order valence-electron chi connectivity index (χ2n) is 4.32. The maximum Gasteiger partial charge on any atom is 0.336 e. The van der Waals surface area contributed by atoms with E-state index in [-0.39, 0.29) is 16.7 Å². The number of hydrogen-bond acceptors (Lipinski definition) is 3. The maximum absolute atomic E-state index is 12.0. The van der Waals surface area contributed by atoms with Crippen molar-refractivity contribution in [1.82, 2.24) is 0 Å². The normalized spacial score (nSPS) is 9.45. The molecule has 2 rings (SSSR count). The lowest BCUT2D eigenvalue weighted by Crippen LogP contribution is -2.09. The third kappa shape index (κ3) is 3.38. The molecule has 0 aliphatic rings. The van der Waals surface area contributed by atoms with Gasteiger partial charge in [-0.3, -0.25) is 4.79 Å². The van der Waals surface area contributed by atoms with Crippen molar-refractivity contribution >= 4 is 17.7 Å². The Kier molecular flexibility index (Phi) is 4.35. The van der Waals surface area contributed by atoms with Crippen molar-refractivity contribution < 1.29 is 24.6 Å². The van der Waals surface area contributed by atoms with E-state index < -0.39 is 17.7 Å². The van der Waals surface area contributed by atoms with Gasteiger partial charge in [-0.1, -0.05) is 24.1 Å². The summed E-state index contributed by atoms with van der Waals surface area (Å²) < 4.78 is 0. The highest BCUT2D eigenvalue weighted by Gasteiger charge is 2.17. The fraction of sp³-hybridized carbons (Fsp3) is 0. The summed E-state index contributed by atoms with van der Waals surface area (Å²) in [6, 6.07) is 12.0. The number of rotatable bonds is 3. The Hall–Kier alpha value is -3.39. The molecule has 0 bridgehead atoms. The maximum atomic E-state index is 12.0. The van der Waals surface area contributed by atoms with Gasteiger partial charge in [-0.2, -0.15) is 0 Å². The molecule has 0 unspecified atom stereocenters. The standard InChI is InChI=1S/C17H10O5/c18-15(9-6-11-4-2-1-3-5-11)13-8-7-12(16(19)20)10-14(13)17(21)22/h1-5,7-8,10H,(H,19,20)(H,21,22). The SMILES string of the molecule is O=C(O)c1ccc(C(=O)C#Cc2ccccc2)c(C(=O)O)c1. The van der Waals surface area contributed by atoms with Crippen molar-refractivity contribution in [1.29, 1.82) is 0 Å². The molecule has 0 saturated carbocycles.